The Hall–Kier alpha value is -2.09. The van der Waals surface area contributed by atoms with Gasteiger partial charge < -0.3 is 4.74 Å². The highest BCUT2D eigenvalue weighted by atomic mass is 16.5. The standard InChI is InChI=1S/C21H26O2/c1-3-5-10-17(4-2)16-23-21(22)20-14-9-13-19(15-20)18-11-7-6-8-12-18/h6-9,11-15,17H,3-5,10,16H2,1-2H3. The highest BCUT2D eigenvalue weighted by Gasteiger charge is 2.12. The normalized spacial score (nSPS) is 11.9. The molecule has 0 spiro atoms. The summed E-state index contributed by atoms with van der Waals surface area (Å²) in [5, 5.41) is 0. The molecule has 0 N–H and O–H groups in total. The summed E-state index contributed by atoms with van der Waals surface area (Å²) in [6, 6.07) is 17.7. The number of hydrogen-bond donors (Lipinski definition) is 0. The molecule has 0 fully saturated rings. The maximum absolute atomic E-state index is 12.3. The molecule has 0 saturated heterocycles. The van der Waals surface area contributed by atoms with Crippen LogP contribution in [0.4, 0.5) is 0 Å². The van der Waals surface area contributed by atoms with Gasteiger partial charge in [0.1, 0.15) is 0 Å². The van der Waals surface area contributed by atoms with Gasteiger partial charge in [-0.05, 0) is 35.6 Å². The lowest BCUT2D eigenvalue weighted by Gasteiger charge is -2.14. The van der Waals surface area contributed by atoms with Gasteiger partial charge in [-0.2, -0.15) is 0 Å². The molecule has 2 rings (SSSR count). The van der Waals surface area contributed by atoms with Gasteiger partial charge in [0.05, 0.1) is 12.2 Å². The number of ether oxygens (including phenoxy) is 1. The lowest BCUT2D eigenvalue weighted by atomic mass is 10.0. The molecule has 0 aromatic heterocycles. The molecular formula is C21H26O2. The van der Waals surface area contributed by atoms with E-state index in [-0.39, 0.29) is 5.97 Å². The first-order chi connectivity index (χ1) is 11.2. The van der Waals surface area contributed by atoms with Crippen LogP contribution in [0.15, 0.2) is 54.6 Å². The van der Waals surface area contributed by atoms with Gasteiger partial charge in [-0.1, -0.05) is 75.6 Å². The lowest BCUT2D eigenvalue weighted by molar-refractivity contribution is 0.0428. The van der Waals surface area contributed by atoms with E-state index in [9.17, 15) is 4.79 Å². The van der Waals surface area contributed by atoms with E-state index in [0.717, 1.165) is 24.0 Å². The van der Waals surface area contributed by atoms with Gasteiger partial charge in [0.15, 0.2) is 0 Å². The molecule has 122 valence electrons. The van der Waals surface area contributed by atoms with Crippen LogP contribution in [0.2, 0.25) is 0 Å². The minimum absolute atomic E-state index is 0.224. The molecule has 0 bridgehead atoms. The predicted molar refractivity (Wildman–Crippen MR) is 95.5 cm³/mol. The van der Waals surface area contributed by atoms with Crippen molar-refractivity contribution in [3.8, 4) is 11.1 Å². The van der Waals surface area contributed by atoms with E-state index < -0.39 is 0 Å². The average molecular weight is 310 g/mol. The number of rotatable bonds is 8. The van der Waals surface area contributed by atoms with Crippen molar-refractivity contribution in [2.24, 2.45) is 5.92 Å². The van der Waals surface area contributed by atoms with Crippen LogP contribution in [0, 0.1) is 5.92 Å². The van der Waals surface area contributed by atoms with E-state index in [0.29, 0.717) is 18.1 Å². The van der Waals surface area contributed by atoms with Crippen molar-refractivity contribution in [3.63, 3.8) is 0 Å². The second kappa shape index (κ2) is 9.14. The fraction of sp³-hybridized carbons (Fsp3) is 0.381. The van der Waals surface area contributed by atoms with E-state index in [1.165, 1.54) is 12.8 Å². The van der Waals surface area contributed by atoms with E-state index >= 15 is 0 Å². The summed E-state index contributed by atoms with van der Waals surface area (Å²) in [6.07, 6.45) is 4.56. The highest BCUT2D eigenvalue weighted by molar-refractivity contribution is 5.91. The molecule has 0 radical (unpaired) electrons. The molecule has 1 atom stereocenters. The van der Waals surface area contributed by atoms with Gasteiger partial charge in [-0.3, -0.25) is 0 Å². The van der Waals surface area contributed by atoms with Gasteiger partial charge in [0.2, 0.25) is 0 Å². The fourth-order valence-electron chi connectivity index (χ4n) is 2.63. The molecule has 0 aliphatic carbocycles. The Morgan fingerprint density at radius 3 is 2.43 bits per heavy atom. The van der Waals surface area contributed by atoms with Crippen molar-refractivity contribution in [2.75, 3.05) is 6.61 Å². The van der Waals surface area contributed by atoms with E-state index in [4.69, 9.17) is 4.74 Å². The van der Waals surface area contributed by atoms with Crippen molar-refractivity contribution >= 4 is 5.97 Å². The summed E-state index contributed by atoms with van der Waals surface area (Å²) >= 11 is 0. The van der Waals surface area contributed by atoms with Crippen LogP contribution in [0.25, 0.3) is 11.1 Å². The first kappa shape index (κ1) is 17.3. The summed E-state index contributed by atoms with van der Waals surface area (Å²) in [5.74, 6) is 0.244. The third-order valence-electron chi connectivity index (χ3n) is 4.20. The average Bonchev–Trinajstić information content (AvgIpc) is 2.62. The lowest BCUT2D eigenvalue weighted by Crippen LogP contribution is -2.14. The molecule has 2 aromatic rings. The Kier molecular flexibility index (Phi) is 6.86. The predicted octanol–water partition coefficient (Wildman–Crippen LogP) is 5.73. The molecule has 1 unspecified atom stereocenters. The maximum Gasteiger partial charge on any atom is 0.338 e. The Morgan fingerprint density at radius 2 is 1.74 bits per heavy atom. The zero-order valence-corrected chi connectivity index (χ0v) is 14.1. The molecule has 0 heterocycles. The third kappa shape index (κ3) is 5.24. The Balaban J connectivity index is 2.00. The van der Waals surface area contributed by atoms with Crippen molar-refractivity contribution in [1.29, 1.82) is 0 Å². The van der Waals surface area contributed by atoms with Gasteiger partial charge in [0.25, 0.3) is 0 Å². The molecule has 23 heavy (non-hydrogen) atoms. The third-order valence-corrected chi connectivity index (χ3v) is 4.20. The second-order valence-corrected chi connectivity index (χ2v) is 5.96. The zero-order chi connectivity index (χ0) is 16.5. The largest absolute Gasteiger partial charge is 0.462 e. The molecule has 2 nitrogen and oxygen atoms in total. The molecule has 0 aliphatic rings. The van der Waals surface area contributed by atoms with E-state index in [1.807, 2.05) is 54.6 Å². The van der Waals surface area contributed by atoms with Gasteiger partial charge in [-0.15, -0.1) is 0 Å². The maximum atomic E-state index is 12.3. The fourth-order valence-corrected chi connectivity index (χ4v) is 2.63. The molecule has 0 aliphatic heterocycles. The smallest absolute Gasteiger partial charge is 0.338 e. The SMILES string of the molecule is CCCCC(CC)COC(=O)c1cccc(-c2ccccc2)c1. The summed E-state index contributed by atoms with van der Waals surface area (Å²) in [6.45, 7) is 4.86. The number of hydrogen-bond acceptors (Lipinski definition) is 2. The molecule has 0 saturated carbocycles. The summed E-state index contributed by atoms with van der Waals surface area (Å²) in [5.41, 5.74) is 2.77. The van der Waals surface area contributed by atoms with Crippen molar-refractivity contribution in [1.82, 2.24) is 0 Å². The first-order valence-corrected chi connectivity index (χ1v) is 8.57. The van der Waals surface area contributed by atoms with Crippen LogP contribution in [0.3, 0.4) is 0 Å². The minimum atomic E-state index is -0.224. The zero-order valence-electron chi connectivity index (χ0n) is 14.1. The van der Waals surface area contributed by atoms with Gasteiger partial charge in [-0.25, -0.2) is 4.79 Å². The van der Waals surface area contributed by atoms with Crippen LogP contribution in [0.5, 0.6) is 0 Å². The Bertz CT molecular complexity index is 604. The molecule has 0 amide bonds. The van der Waals surface area contributed by atoms with Crippen molar-refractivity contribution < 1.29 is 9.53 Å². The molecular weight excluding hydrogens is 284 g/mol. The highest BCUT2D eigenvalue weighted by Crippen LogP contribution is 2.21. The summed E-state index contributed by atoms with van der Waals surface area (Å²) in [7, 11) is 0. The Morgan fingerprint density at radius 1 is 1.00 bits per heavy atom. The minimum Gasteiger partial charge on any atom is -0.462 e. The topological polar surface area (TPSA) is 26.3 Å². The van der Waals surface area contributed by atoms with Crippen LogP contribution in [-0.4, -0.2) is 12.6 Å². The first-order valence-electron chi connectivity index (χ1n) is 8.57. The van der Waals surface area contributed by atoms with Crippen molar-refractivity contribution in [3.05, 3.63) is 60.2 Å². The number of benzene rings is 2. The van der Waals surface area contributed by atoms with Gasteiger partial charge >= 0.3 is 5.97 Å². The molecule has 2 heteroatoms. The number of esters is 1. The van der Waals surface area contributed by atoms with E-state index in [1.54, 1.807) is 0 Å². The summed E-state index contributed by atoms with van der Waals surface area (Å²) < 4.78 is 5.53. The second-order valence-electron chi connectivity index (χ2n) is 5.96. The van der Waals surface area contributed by atoms with Crippen LogP contribution in [0.1, 0.15) is 49.9 Å². The van der Waals surface area contributed by atoms with Crippen LogP contribution < -0.4 is 0 Å². The number of unbranched alkanes of at least 4 members (excludes halogenated alkanes) is 1. The van der Waals surface area contributed by atoms with Crippen LogP contribution in [-0.2, 0) is 4.74 Å². The summed E-state index contributed by atoms with van der Waals surface area (Å²) in [4.78, 5) is 12.3. The van der Waals surface area contributed by atoms with Crippen LogP contribution >= 0.6 is 0 Å². The Labute approximate surface area is 139 Å². The molecule has 2 aromatic carbocycles. The number of carbonyl (C=O) groups excluding carboxylic acids is 1. The monoisotopic (exact) mass is 310 g/mol. The number of carbonyl (C=O) groups is 1. The van der Waals surface area contributed by atoms with Crippen molar-refractivity contribution in [2.45, 2.75) is 39.5 Å². The quantitative estimate of drug-likeness (QED) is 0.582. The van der Waals surface area contributed by atoms with Gasteiger partial charge in [0, 0.05) is 0 Å². The van der Waals surface area contributed by atoms with E-state index in [2.05, 4.69) is 13.8 Å².